The molecule has 0 radical (unpaired) electrons. The number of hydrogen-bond donors (Lipinski definition) is 0. The molecule has 0 aromatic rings. The molecule has 0 amide bonds. The summed E-state index contributed by atoms with van der Waals surface area (Å²) in [6, 6.07) is 0. The summed E-state index contributed by atoms with van der Waals surface area (Å²) < 4.78 is 5.07. The van der Waals surface area contributed by atoms with Crippen LogP contribution in [-0.4, -0.2) is 28.5 Å². The van der Waals surface area contributed by atoms with E-state index < -0.39 is 0 Å². The Morgan fingerprint density at radius 3 is 2.20 bits per heavy atom. The number of carbonyl (C=O) groups excluding carboxylic acids is 1. The van der Waals surface area contributed by atoms with Crippen LogP contribution in [0.25, 0.3) is 0 Å². The molecule has 2 rings (SSSR count). The molecular weight excluding hydrogens is 228 g/mol. The fourth-order valence-electron chi connectivity index (χ4n) is 2.07. The zero-order valence-corrected chi connectivity index (χ0v) is 11.2. The molecule has 0 bridgehead atoms. The topological polar surface area (TPSA) is 26.3 Å². The van der Waals surface area contributed by atoms with E-state index in [0.717, 1.165) is 22.8 Å². The second-order valence-electron chi connectivity index (χ2n) is 4.80. The van der Waals surface area contributed by atoms with Crippen molar-refractivity contribution in [3.63, 3.8) is 0 Å². The van der Waals surface area contributed by atoms with Gasteiger partial charge < -0.3 is 4.74 Å². The van der Waals surface area contributed by atoms with Gasteiger partial charge in [-0.15, -0.1) is 23.5 Å². The molecule has 84 valence electrons. The van der Waals surface area contributed by atoms with Crippen LogP contribution in [0.1, 0.15) is 20.8 Å². The zero-order valence-electron chi connectivity index (χ0n) is 9.55. The van der Waals surface area contributed by atoms with Gasteiger partial charge in [0.2, 0.25) is 0 Å². The van der Waals surface area contributed by atoms with Crippen LogP contribution in [-0.2, 0) is 9.53 Å². The number of hydrogen-bond acceptors (Lipinski definition) is 4. The molecule has 2 nitrogen and oxygen atoms in total. The van der Waals surface area contributed by atoms with Crippen molar-refractivity contribution >= 4 is 29.3 Å². The zero-order chi connectivity index (χ0) is 11.3. The Kier molecular flexibility index (Phi) is 2.62. The SMILES string of the molecule is COC1=C(C(C)(C)C)C(=O)C12SCCS2. The number of allylic oxidation sites excluding steroid dienone is 1. The minimum absolute atomic E-state index is 0.0998. The highest BCUT2D eigenvalue weighted by Gasteiger charge is 2.60. The normalized spacial score (nSPS) is 24.7. The van der Waals surface area contributed by atoms with Crippen molar-refractivity contribution in [3.05, 3.63) is 11.3 Å². The van der Waals surface area contributed by atoms with Gasteiger partial charge in [-0.3, -0.25) is 4.79 Å². The smallest absolute Gasteiger partial charge is 0.196 e. The molecule has 0 unspecified atom stereocenters. The molecule has 0 aromatic carbocycles. The molecule has 0 N–H and O–H groups in total. The molecule has 1 saturated heterocycles. The molecule has 1 aliphatic carbocycles. The van der Waals surface area contributed by atoms with Crippen molar-refractivity contribution in [3.8, 4) is 0 Å². The van der Waals surface area contributed by atoms with E-state index in [1.54, 1.807) is 30.6 Å². The number of rotatable bonds is 1. The van der Waals surface area contributed by atoms with Crippen molar-refractivity contribution in [2.45, 2.75) is 24.9 Å². The molecule has 0 aromatic heterocycles. The second kappa shape index (κ2) is 3.45. The van der Waals surface area contributed by atoms with Crippen LogP contribution >= 0.6 is 23.5 Å². The van der Waals surface area contributed by atoms with Crippen LogP contribution < -0.4 is 0 Å². The molecule has 0 atom stereocenters. The number of ketones is 1. The third kappa shape index (κ3) is 1.45. The Bertz CT molecular complexity index is 333. The van der Waals surface area contributed by atoms with Crippen LogP contribution in [0.5, 0.6) is 0 Å². The molecule has 1 fully saturated rings. The first-order valence-corrected chi connectivity index (χ1v) is 7.02. The monoisotopic (exact) mass is 244 g/mol. The van der Waals surface area contributed by atoms with Gasteiger partial charge in [0.1, 0.15) is 5.76 Å². The third-order valence-corrected chi connectivity index (χ3v) is 6.04. The Morgan fingerprint density at radius 1 is 1.27 bits per heavy atom. The maximum absolute atomic E-state index is 12.2. The van der Waals surface area contributed by atoms with Gasteiger partial charge in [0, 0.05) is 17.1 Å². The van der Waals surface area contributed by atoms with Crippen molar-refractivity contribution in [2.24, 2.45) is 5.41 Å². The number of thioether (sulfide) groups is 2. The highest BCUT2D eigenvalue weighted by atomic mass is 32.2. The van der Waals surface area contributed by atoms with Gasteiger partial charge in [0.25, 0.3) is 0 Å². The van der Waals surface area contributed by atoms with Crippen molar-refractivity contribution in [1.29, 1.82) is 0 Å². The minimum Gasteiger partial charge on any atom is -0.498 e. The Balaban J connectivity index is 2.43. The third-order valence-electron chi connectivity index (χ3n) is 2.70. The second-order valence-corrected chi connectivity index (χ2v) is 7.68. The summed E-state index contributed by atoms with van der Waals surface area (Å²) >= 11 is 3.45. The summed E-state index contributed by atoms with van der Waals surface area (Å²) in [4.78, 5) is 12.2. The van der Waals surface area contributed by atoms with Crippen LogP contribution in [0, 0.1) is 5.41 Å². The lowest BCUT2D eigenvalue weighted by molar-refractivity contribution is -0.119. The highest BCUT2D eigenvalue weighted by Crippen LogP contribution is 2.60. The molecular formula is C11H16O2S2. The summed E-state index contributed by atoms with van der Waals surface area (Å²) in [6.45, 7) is 6.20. The molecule has 1 aliphatic heterocycles. The van der Waals surface area contributed by atoms with Crippen LogP contribution in [0.15, 0.2) is 11.3 Å². The van der Waals surface area contributed by atoms with Gasteiger partial charge in [-0.05, 0) is 5.41 Å². The summed E-state index contributed by atoms with van der Waals surface area (Å²) in [5, 5.41) is 0. The van der Waals surface area contributed by atoms with Crippen LogP contribution in [0.4, 0.5) is 0 Å². The van der Waals surface area contributed by atoms with Crippen molar-refractivity contribution in [2.75, 3.05) is 18.6 Å². The van der Waals surface area contributed by atoms with Crippen molar-refractivity contribution in [1.82, 2.24) is 0 Å². The average molecular weight is 244 g/mol. The fraction of sp³-hybridized carbons (Fsp3) is 0.727. The fourth-order valence-corrected chi connectivity index (χ4v) is 5.24. The predicted octanol–water partition coefficient (Wildman–Crippen LogP) is 2.69. The summed E-state index contributed by atoms with van der Waals surface area (Å²) in [5.41, 5.74) is 0.782. The first-order chi connectivity index (χ1) is 6.93. The summed E-state index contributed by atoms with van der Waals surface area (Å²) in [7, 11) is 1.68. The van der Waals surface area contributed by atoms with E-state index >= 15 is 0 Å². The first-order valence-electron chi connectivity index (χ1n) is 5.05. The standard InChI is InChI=1S/C11H16O2S2/c1-10(2,3)7-8(12)11(9(7)13-4)14-5-6-15-11/h5-6H2,1-4H3. The van der Waals surface area contributed by atoms with E-state index in [9.17, 15) is 4.79 Å². The summed E-state index contributed by atoms with van der Waals surface area (Å²) in [5.74, 6) is 3.27. The van der Waals surface area contributed by atoms with E-state index in [1.165, 1.54) is 0 Å². The largest absolute Gasteiger partial charge is 0.498 e. The Morgan fingerprint density at radius 2 is 1.80 bits per heavy atom. The average Bonchev–Trinajstić information content (AvgIpc) is 2.61. The van der Waals surface area contributed by atoms with Gasteiger partial charge in [-0.2, -0.15) is 0 Å². The lowest BCUT2D eigenvalue weighted by Crippen LogP contribution is -2.48. The molecule has 1 spiro atoms. The van der Waals surface area contributed by atoms with Gasteiger partial charge in [-0.25, -0.2) is 0 Å². The van der Waals surface area contributed by atoms with Gasteiger partial charge in [0.05, 0.1) is 7.11 Å². The van der Waals surface area contributed by atoms with Gasteiger partial charge >= 0.3 is 0 Å². The summed E-state index contributed by atoms with van der Waals surface area (Å²) in [6.07, 6.45) is 0. The molecule has 1 heterocycles. The van der Waals surface area contributed by atoms with E-state index in [2.05, 4.69) is 20.8 Å². The van der Waals surface area contributed by atoms with Gasteiger partial charge in [-0.1, -0.05) is 20.8 Å². The number of methoxy groups -OCH3 is 1. The number of carbonyl (C=O) groups is 1. The van der Waals surface area contributed by atoms with E-state index in [0.29, 0.717) is 0 Å². The van der Waals surface area contributed by atoms with E-state index in [4.69, 9.17) is 4.74 Å². The lowest BCUT2D eigenvalue weighted by atomic mass is 9.75. The molecule has 0 saturated carbocycles. The maximum atomic E-state index is 12.2. The molecule has 4 heteroatoms. The number of ether oxygens (including phenoxy) is 1. The maximum Gasteiger partial charge on any atom is 0.196 e. The van der Waals surface area contributed by atoms with Crippen molar-refractivity contribution < 1.29 is 9.53 Å². The first kappa shape index (κ1) is 11.4. The highest BCUT2D eigenvalue weighted by molar-refractivity contribution is 8.22. The van der Waals surface area contributed by atoms with Gasteiger partial charge in [0.15, 0.2) is 9.86 Å². The van der Waals surface area contributed by atoms with E-state index in [-0.39, 0.29) is 15.3 Å². The van der Waals surface area contributed by atoms with Crippen LogP contribution in [0.3, 0.4) is 0 Å². The number of Topliss-reactive ketones (excluding diaryl/α,β-unsaturated/α-hetero) is 1. The van der Waals surface area contributed by atoms with E-state index in [1.807, 2.05) is 0 Å². The molecule has 2 aliphatic rings. The van der Waals surface area contributed by atoms with Crippen LogP contribution in [0.2, 0.25) is 0 Å². The minimum atomic E-state index is -0.378. The quantitative estimate of drug-likeness (QED) is 0.708. The lowest BCUT2D eigenvalue weighted by Gasteiger charge is -2.43. The predicted molar refractivity (Wildman–Crippen MR) is 66.1 cm³/mol. The Labute approximate surface area is 99.2 Å². The Hall–Kier alpha value is -0.0900. The molecule has 15 heavy (non-hydrogen) atoms.